The molecule has 0 saturated heterocycles. The molecule has 48 valence electrons. The highest BCUT2D eigenvalue weighted by molar-refractivity contribution is 7.13. The van der Waals surface area contributed by atoms with E-state index < -0.39 is 0 Å². The van der Waals surface area contributed by atoms with Gasteiger partial charge in [-0.1, -0.05) is 9.39 Å². The molecule has 0 fully saturated rings. The molecule has 0 saturated carbocycles. The molecular formula is C3H10N3OP. The lowest BCUT2D eigenvalue weighted by atomic mass is 10.6. The van der Waals surface area contributed by atoms with Gasteiger partial charge in [-0.2, -0.15) is 0 Å². The van der Waals surface area contributed by atoms with E-state index in [-0.39, 0.29) is 12.5 Å². The summed E-state index contributed by atoms with van der Waals surface area (Å²) in [6.45, 7) is 0.523. The molecule has 0 heterocycles. The molecular weight excluding hydrogens is 125 g/mol. The first-order chi connectivity index (χ1) is 3.66. The Labute approximate surface area is 50.5 Å². The molecule has 0 aliphatic rings. The normalized spacial score (nSPS) is 9.88. The van der Waals surface area contributed by atoms with Gasteiger partial charge in [-0.05, 0) is 0 Å². The van der Waals surface area contributed by atoms with Gasteiger partial charge in [0.15, 0.2) is 0 Å². The molecule has 0 aliphatic carbocycles. The zero-order valence-corrected chi connectivity index (χ0v) is 5.66. The molecule has 1 unspecified atom stereocenters. The maximum Gasteiger partial charge on any atom is 0.231 e. The predicted molar refractivity (Wildman–Crippen MR) is 34.7 cm³/mol. The molecule has 4 nitrogen and oxygen atoms in total. The Morgan fingerprint density at radius 2 is 2.25 bits per heavy atom. The molecule has 0 aliphatic heterocycles. The maximum absolute atomic E-state index is 10.1. The van der Waals surface area contributed by atoms with Crippen LogP contribution in [0.5, 0.6) is 0 Å². The predicted octanol–water partition coefficient (Wildman–Crippen LogP) is -1.52. The lowest BCUT2D eigenvalue weighted by Gasteiger charge is -2.08. The van der Waals surface area contributed by atoms with E-state index in [1.807, 2.05) is 0 Å². The fraction of sp³-hybridized carbons (Fsp3) is 0.667. The van der Waals surface area contributed by atoms with Crippen LogP contribution in [0.2, 0.25) is 0 Å². The third-order valence-corrected chi connectivity index (χ3v) is 0.987. The van der Waals surface area contributed by atoms with E-state index in [1.54, 1.807) is 4.67 Å². The van der Waals surface area contributed by atoms with Crippen molar-refractivity contribution in [2.45, 2.75) is 0 Å². The van der Waals surface area contributed by atoms with E-state index in [1.165, 1.54) is 0 Å². The second kappa shape index (κ2) is 3.78. The Kier molecular flexibility index (Phi) is 3.69. The Hall–Kier alpha value is -0.180. The van der Waals surface area contributed by atoms with Crippen molar-refractivity contribution in [3.05, 3.63) is 0 Å². The molecule has 1 amide bonds. The number of primary amides is 1. The zero-order chi connectivity index (χ0) is 6.57. The molecule has 0 radical (unpaired) electrons. The Morgan fingerprint density at radius 1 is 1.75 bits per heavy atom. The van der Waals surface area contributed by atoms with Crippen molar-refractivity contribution in [2.75, 3.05) is 13.2 Å². The summed E-state index contributed by atoms with van der Waals surface area (Å²) in [7, 11) is 2.29. The Bertz CT molecular complexity index is 86.6. The number of hydrogen-bond donors (Lipinski definition) is 2. The molecule has 8 heavy (non-hydrogen) atoms. The van der Waals surface area contributed by atoms with Crippen molar-refractivity contribution in [3.63, 3.8) is 0 Å². The van der Waals surface area contributed by atoms with Crippen molar-refractivity contribution >= 4 is 15.3 Å². The van der Waals surface area contributed by atoms with Crippen LogP contribution in [0.15, 0.2) is 0 Å². The minimum atomic E-state index is -0.370. The third-order valence-electron chi connectivity index (χ3n) is 0.593. The minimum absolute atomic E-state index is 0.196. The summed E-state index contributed by atoms with van der Waals surface area (Å²) in [5.41, 5.74) is 9.94. The average Bonchev–Trinajstić information content (AvgIpc) is 1.65. The third kappa shape index (κ3) is 3.99. The van der Waals surface area contributed by atoms with Gasteiger partial charge in [-0.3, -0.25) is 9.46 Å². The van der Waals surface area contributed by atoms with Crippen molar-refractivity contribution < 1.29 is 4.79 Å². The molecule has 0 spiro atoms. The van der Waals surface area contributed by atoms with Gasteiger partial charge in [-0.25, -0.2) is 0 Å². The number of hydrogen-bond acceptors (Lipinski definition) is 3. The highest BCUT2D eigenvalue weighted by atomic mass is 31.0. The van der Waals surface area contributed by atoms with Gasteiger partial charge in [0.05, 0.1) is 6.54 Å². The monoisotopic (exact) mass is 135 g/mol. The van der Waals surface area contributed by atoms with E-state index in [9.17, 15) is 4.79 Å². The van der Waals surface area contributed by atoms with Crippen molar-refractivity contribution in [2.24, 2.45) is 11.5 Å². The summed E-state index contributed by atoms with van der Waals surface area (Å²) in [6, 6.07) is 0. The van der Waals surface area contributed by atoms with Crippen LogP contribution < -0.4 is 11.5 Å². The lowest BCUT2D eigenvalue weighted by molar-refractivity contribution is -0.118. The number of amides is 1. The fourth-order valence-electron chi connectivity index (χ4n) is 0.265. The second-order valence-corrected chi connectivity index (χ2v) is 2.13. The van der Waals surface area contributed by atoms with Crippen LogP contribution in [0.25, 0.3) is 0 Å². The van der Waals surface area contributed by atoms with E-state index in [0.717, 1.165) is 0 Å². The Balaban J connectivity index is 3.24. The first-order valence-electron chi connectivity index (χ1n) is 2.15. The zero-order valence-electron chi connectivity index (χ0n) is 4.50. The van der Waals surface area contributed by atoms with Crippen LogP contribution in [-0.2, 0) is 4.79 Å². The van der Waals surface area contributed by atoms with Gasteiger partial charge < -0.3 is 11.5 Å². The average molecular weight is 135 g/mol. The summed E-state index contributed by atoms with van der Waals surface area (Å²) in [4.78, 5) is 10.1. The maximum atomic E-state index is 10.1. The smallest absolute Gasteiger partial charge is 0.231 e. The quantitative estimate of drug-likeness (QED) is 0.364. The topological polar surface area (TPSA) is 72.3 Å². The highest BCUT2D eigenvalue weighted by Gasteiger charge is 1.96. The van der Waals surface area contributed by atoms with Gasteiger partial charge in [-0.15, -0.1) is 0 Å². The molecule has 0 aromatic carbocycles. The first-order valence-corrected chi connectivity index (χ1v) is 2.66. The highest BCUT2D eigenvalue weighted by Crippen LogP contribution is 1.90. The van der Waals surface area contributed by atoms with Crippen LogP contribution in [-0.4, -0.2) is 23.8 Å². The van der Waals surface area contributed by atoms with Gasteiger partial charge in [0.1, 0.15) is 0 Å². The summed E-state index contributed by atoms with van der Waals surface area (Å²) in [5.74, 6) is -0.370. The lowest BCUT2D eigenvalue weighted by Crippen LogP contribution is -2.30. The first kappa shape index (κ1) is 7.82. The van der Waals surface area contributed by atoms with Gasteiger partial charge in [0.25, 0.3) is 0 Å². The van der Waals surface area contributed by atoms with Gasteiger partial charge in [0.2, 0.25) is 5.91 Å². The molecule has 1 atom stereocenters. The molecule has 5 heteroatoms. The Morgan fingerprint density at radius 3 is 2.38 bits per heavy atom. The van der Waals surface area contributed by atoms with Crippen LogP contribution in [0.1, 0.15) is 0 Å². The summed E-state index contributed by atoms with van der Waals surface area (Å²) in [6.07, 6.45) is 0. The minimum Gasteiger partial charge on any atom is -0.369 e. The van der Waals surface area contributed by atoms with Crippen LogP contribution in [0, 0.1) is 0 Å². The number of rotatable bonds is 3. The van der Waals surface area contributed by atoms with Crippen LogP contribution >= 0.6 is 9.39 Å². The SMILES string of the molecule is NCN(P)CC(N)=O. The van der Waals surface area contributed by atoms with E-state index in [2.05, 4.69) is 9.39 Å². The van der Waals surface area contributed by atoms with E-state index >= 15 is 0 Å². The van der Waals surface area contributed by atoms with Crippen molar-refractivity contribution in [1.29, 1.82) is 0 Å². The van der Waals surface area contributed by atoms with Crippen molar-refractivity contribution in [1.82, 2.24) is 4.67 Å². The summed E-state index contributed by atoms with van der Waals surface area (Å²) >= 11 is 0. The van der Waals surface area contributed by atoms with Gasteiger partial charge >= 0.3 is 0 Å². The molecule has 0 aromatic rings. The number of nitrogens with two attached hydrogens (primary N) is 2. The second-order valence-electron chi connectivity index (χ2n) is 1.40. The standard InChI is InChI=1S/C3H10N3OP/c4-2-6(8)1-3(5)7/h1-2,4,8H2,(H2,5,7). The summed E-state index contributed by atoms with van der Waals surface area (Å²) in [5, 5.41) is 0. The molecule has 4 N–H and O–H groups in total. The molecule has 0 rings (SSSR count). The summed E-state index contributed by atoms with van der Waals surface area (Å²) < 4.78 is 1.54. The van der Waals surface area contributed by atoms with Crippen LogP contribution in [0.4, 0.5) is 0 Å². The molecule has 0 aromatic heterocycles. The van der Waals surface area contributed by atoms with E-state index in [4.69, 9.17) is 11.5 Å². The number of carbonyl (C=O) groups is 1. The van der Waals surface area contributed by atoms with E-state index in [0.29, 0.717) is 6.67 Å². The number of nitrogens with zero attached hydrogens (tertiary/aromatic N) is 1. The largest absolute Gasteiger partial charge is 0.369 e. The van der Waals surface area contributed by atoms with Crippen LogP contribution in [0.3, 0.4) is 0 Å². The molecule has 0 bridgehead atoms. The van der Waals surface area contributed by atoms with Gasteiger partial charge in [0, 0.05) is 6.67 Å². The van der Waals surface area contributed by atoms with Crippen molar-refractivity contribution in [3.8, 4) is 0 Å². The number of carbonyl (C=O) groups excluding carboxylic acids is 1. The fourth-order valence-corrected chi connectivity index (χ4v) is 0.445.